The highest BCUT2D eigenvalue weighted by molar-refractivity contribution is 4.75. The van der Waals surface area contributed by atoms with Gasteiger partial charge < -0.3 is 10.2 Å². The van der Waals surface area contributed by atoms with Crippen molar-refractivity contribution >= 4 is 0 Å². The molecule has 0 aromatic carbocycles. The van der Waals surface area contributed by atoms with E-state index in [0.29, 0.717) is 6.42 Å². The van der Waals surface area contributed by atoms with E-state index in [1.165, 1.54) is 5.92 Å². The van der Waals surface area contributed by atoms with Crippen LogP contribution in [0.25, 0.3) is 0 Å². The smallest absolute Gasteiger partial charge is 0.151 e. The van der Waals surface area contributed by atoms with Crippen molar-refractivity contribution in [2.45, 2.75) is 33.0 Å². The van der Waals surface area contributed by atoms with Crippen LogP contribution in [0.3, 0.4) is 0 Å². The van der Waals surface area contributed by atoms with Crippen molar-refractivity contribution in [1.29, 1.82) is 0 Å². The molecule has 0 aliphatic heterocycles. The highest BCUT2D eigenvalue weighted by Gasteiger charge is 1.98. The number of aliphatic hydroxyl groups is 2. The van der Waals surface area contributed by atoms with Crippen LogP contribution >= 0.6 is 0 Å². The lowest BCUT2D eigenvalue weighted by Gasteiger charge is -2.03. The Balaban J connectivity index is 2.93. The molecule has 0 rings (SSSR count). The van der Waals surface area contributed by atoms with Crippen molar-refractivity contribution in [3.05, 3.63) is 5.92 Å². The first-order valence-corrected chi connectivity index (χ1v) is 2.78. The molecule has 0 aliphatic carbocycles. The summed E-state index contributed by atoms with van der Waals surface area (Å²) in [6.45, 7) is 3.95. The molecule has 2 heteroatoms. The van der Waals surface area contributed by atoms with Crippen LogP contribution in [0.5, 0.6) is 0 Å². The average Bonchev–Trinajstić information content (AvgIpc) is 1.61. The van der Waals surface area contributed by atoms with Gasteiger partial charge in [-0.1, -0.05) is 13.8 Å². The van der Waals surface area contributed by atoms with Crippen molar-refractivity contribution < 1.29 is 10.2 Å². The van der Waals surface area contributed by atoms with Crippen molar-refractivity contribution in [3.8, 4) is 0 Å². The summed E-state index contributed by atoms with van der Waals surface area (Å²) in [5, 5.41) is 16.7. The second kappa shape index (κ2) is 3.87. The lowest BCUT2D eigenvalue weighted by molar-refractivity contribution is -0.0455. The summed E-state index contributed by atoms with van der Waals surface area (Å²) in [6.07, 6.45) is 0.130. The Bertz CT molecular complexity index is 42.5. The first kappa shape index (κ1) is 7.92. The van der Waals surface area contributed by atoms with Crippen LogP contribution in [0.2, 0.25) is 0 Å². The summed E-state index contributed by atoms with van der Waals surface area (Å²) in [5.41, 5.74) is 0. The molecule has 0 fully saturated rings. The fourth-order valence-corrected chi connectivity index (χ4v) is 0.418. The van der Waals surface area contributed by atoms with E-state index in [9.17, 15) is 0 Å². The predicted octanol–water partition coefficient (Wildman–Crippen LogP) is 0.692. The Labute approximate surface area is 50.2 Å². The van der Waals surface area contributed by atoms with Crippen molar-refractivity contribution in [2.24, 2.45) is 0 Å². The first-order chi connectivity index (χ1) is 3.63. The van der Waals surface area contributed by atoms with E-state index in [4.69, 9.17) is 10.2 Å². The van der Waals surface area contributed by atoms with E-state index >= 15 is 0 Å². The fourth-order valence-electron chi connectivity index (χ4n) is 0.418. The number of rotatable bonds is 3. The van der Waals surface area contributed by atoms with E-state index in [2.05, 4.69) is 0 Å². The SMILES string of the molecule is C[C](C)CCC(O)O. The zero-order valence-corrected chi connectivity index (χ0v) is 5.39. The minimum absolute atomic E-state index is 0.461. The van der Waals surface area contributed by atoms with Gasteiger partial charge in [-0.25, -0.2) is 0 Å². The normalized spacial score (nSPS) is 11.2. The Morgan fingerprint density at radius 2 is 1.88 bits per heavy atom. The molecular formula is C6H13O2. The van der Waals surface area contributed by atoms with Crippen LogP contribution in [0, 0.1) is 5.92 Å². The van der Waals surface area contributed by atoms with Gasteiger partial charge in [0.1, 0.15) is 0 Å². The highest BCUT2D eigenvalue weighted by Crippen LogP contribution is 2.06. The van der Waals surface area contributed by atoms with Gasteiger partial charge in [-0.2, -0.15) is 0 Å². The van der Waals surface area contributed by atoms with Crippen LogP contribution in [-0.4, -0.2) is 16.5 Å². The summed E-state index contributed by atoms with van der Waals surface area (Å²) in [4.78, 5) is 0. The van der Waals surface area contributed by atoms with Crippen molar-refractivity contribution in [2.75, 3.05) is 0 Å². The van der Waals surface area contributed by atoms with E-state index < -0.39 is 6.29 Å². The maximum Gasteiger partial charge on any atom is 0.151 e. The molecule has 0 amide bonds. The number of hydrogen-bond donors (Lipinski definition) is 2. The Morgan fingerprint density at radius 3 is 2.00 bits per heavy atom. The van der Waals surface area contributed by atoms with Gasteiger partial charge in [-0.3, -0.25) is 0 Å². The second-order valence-electron chi connectivity index (χ2n) is 2.23. The van der Waals surface area contributed by atoms with Gasteiger partial charge in [0.2, 0.25) is 0 Å². The minimum Gasteiger partial charge on any atom is -0.368 e. The Kier molecular flexibility index (Phi) is 3.83. The quantitative estimate of drug-likeness (QED) is 0.534. The molecule has 0 spiro atoms. The molecule has 2 N–H and O–H groups in total. The maximum absolute atomic E-state index is 8.34. The van der Waals surface area contributed by atoms with Gasteiger partial charge in [0.25, 0.3) is 0 Å². The van der Waals surface area contributed by atoms with Crippen LogP contribution in [0.4, 0.5) is 0 Å². The standard InChI is InChI=1S/C6H13O2/c1-5(2)3-4-6(7)8/h6-8H,3-4H2,1-2H3. The minimum atomic E-state index is -1.13. The number of hydrogen-bond acceptors (Lipinski definition) is 2. The van der Waals surface area contributed by atoms with Crippen molar-refractivity contribution in [1.82, 2.24) is 0 Å². The van der Waals surface area contributed by atoms with Gasteiger partial charge in [0, 0.05) is 0 Å². The molecule has 49 valence electrons. The van der Waals surface area contributed by atoms with Gasteiger partial charge >= 0.3 is 0 Å². The van der Waals surface area contributed by atoms with Crippen LogP contribution in [0.1, 0.15) is 26.7 Å². The van der Waals surface area contributed by atoms with Gasteiger partial charge in [-0.15, -0.1) is 0 Å². The third-order valence-electron chi connectivity index (χ3n) is 0.903. The predicted molar refractivity (Wildman–Crippen MR) is 32.1 cm³/mol. The molecule has 0 heterocycles. The zero-order chi connectivity index (χ0) is 6.57. The lowest BCUT2D eigenvalue weighted by atomic mass is 10.1. The van der Waals surface area contributed by atoms with Gasteiger partial charge in [-0.05, 0) is 18.8 Å². The third-order valence-corrected chi connectivity index (χ3v) is 0.903. The van der Waals surface area contributed by atoms with Crippen molar-refractivity contribution in [3.63, 3.8) is 0 Å². The second-order valence-corrected chi connectivity index (χ2v) is 2.23. The Hall–Kier alpha value is -0.0800. The summed E-state index contributed by atoms with van der Waals surface area (Å²) < 4.78 is 0. The summed E-state index contributed by atoms with van der Waals surface area (Å²) in [7, 11) is 0. The average molecular weight is 117 g/mol. The molecule has 2 nitrogen and oxygen atoms in total. The number of aliphatic hydroxyl groups excluding tert-OH is 1. The fraction of sp³-hybridized carbons (Fsp3) is 0.833. The van der Waals surface area contributed by atoms with Crippen LogP contribution in [0.15, 0.2) is 0 Å². The maximum atomic E-state index is 8.34. The van der Waals surface area contributed by atoms with E-state index in [-0.39, 0.29) is 0 Å². The topological polar surface area (TPSA) is 40.5 Å². The highest BCUT2D eigenvalue weighted by atomic mass is 16.5. The summed E-state index contributed by atoms with van der Waals surface area (Å²) in [5.74, 6) is 1.23. The molecule has 0 aromatic heterocycles. The molecule has 1 radical (unpaired) electrons. The van der Waals surface area contributed by atoms with E-state index in [1.54, 1.807) is 0 Å². The third kappa shape index (κ3) is 5.92. The first-order valence-electron chi connectivity index (χ1n) is 2.78. The Morgan fingerprint density at radius 1 is 1.38 bits per heavy atom. The summed E-state index contributed by atoms with van der Waals surface area (Å²) >= 11 is 0. The lowest BCUT2D eigenvalue weighted by Crippen LogP contribution is -2.04. The molecule has 0 aromatic rings. The van der Waals surface area contributed by atoms with Gasteiger partial charge in [0.05, 0.1) is 0 Å². The monoisotopic (exact) mass is 117 g/mol. The largest absolute Gasteiger partial charge is 0.368 e. The summed E-state index contributed by atoms with van der Waals surface area (Å²) in [6, 6.07) is 0. The van der Waals surface area contributed by atoms with E-state index in [0.717, 1.165) is 6.42 Å². The van der Waals surface area contributed by atoms with Crippen LogP contribution in [-0.2, 0) is 0 Å². The molecule has 0 bridgehead atoms. The van der Waals surface area contributed by atoms with Gasteiger partial charge in [0.15, 0.2) is 6.29 Å². The molecule has 8 heavy (non-hydrogen) atoms. The van der Waals surface area contributed by atoms with Crippen LogP contribution < -0.4 is 0 Å². The zero-order valence-electron chi connectivity index (χ0n) is 5.39. The molecular weight excluding hydrogens is 104 g/mol. The molecule has 0 unspecified atom stereocenters. The molecule has 0 saturated heterocycles. The molecule has 0 aliphatic rings. The molecule has 0 atom stereocenters. The van der Waals surface area contributed by atoms with E-state index in [1.807, 2.05) is 13.8 Å². The molecule has 0 saturated carbocycles.